The third-order valence-corrected chi connectivity index (χ3v) is 4.36. The number of nitrogens with zero attached hydrogens (tertiary/aromatic N) is 6. The van der Waals surface area contributed by atoms with Gasteiger partial charge in [-0.2, -0.15) is 4.52 Å². The van der Waals surface area contributed by atoms with E-state index >= 15 is 0 Å². The van der Waals surface area contributed by atoms with Crippen molar-refractivity contribution in [3.05, 3.63) is 42.5 Å². The zero-order valence-electron chi connectivity index (χ0n) is 13.0. The van der Waals surface area contributed by atoms with E-state index < -0.39 is 0 Å². The Morgan fingerprint density at radius 1 is 1.04 bits per heavy atom. The number of aromatic nitrogens is 5. The molecule has 0 radical (unpaired) electrons. The summed E-state index contributed by atoms with van der Waals surface area (Å²) in [5.74, 6) is 1.86. The highest BCUT2D eigenvalue weighted by Crippen LogP contribution is 2.29. The molecule has 118 valence electrons. The minimum Gasteiger partial charge on any atom is -0.480 e. The highest BCUT2D eigenvalue weighted by molar-refractivity contribution is 5.45. The first-order valence-corrected chi connectivity index (χ1v) is 7.76. The Bertz CT molecular complexity index is 795. The van der Waals surface area contributed by atoms with Gasteiger partial charge in [0.1, 0.15) is 0 Å². The second-order valence-electron chi connectivity index (χ2n) is 5.67. The molecular formula is C16H18N6O. The topological polar surface area (TPSA) is 68.4 Å². The van der Waals surface area contributed by atoms with Gasteiger partial charge in [0.15, 0.2) is 11.5 Å². The van der Waals surface area contributed by atoms with Crippen LogP contribution in [-0.2, 0) is 0 Å². The lowest BCUT2D eigenvalue weighted by molar-refractivity contribution is 0.387. The van der Waals surface area contributed by atoms with Crippen LogP contribution in [-0.4, -0.2) is 45.0 Å². The van der Waals surface area contributed by atoms with Gasteiger partial charge in [-0.05, 0) is 31.0 Å². The Balaban J connectivity index is 1.54. The van der Waals surface area contributed by atoms with E-state index in [-0.39, 0.29) is 0 Å². The van der Waals surface area contributed by atoms with E-state index in [9.17, 15) is 0 Å². The lowest BCUT2D eigenvalue weighted by Gasteiger charge is -2.32. The van der Waals surface area contributed by atoms with Gasteiger partial charge in [0.05, 0.1) is 7.11 Å². The summed E-state index contributed by atoms with van der Waals surface area (Å²) in [4.78, 5) is 6.46. The van der Waals surface area contributed by atoms with Crippen molar-refractivity contribution in [3.63, 3.8) is 0 Å². The van der Waals surface area contributed by atoms with Crippen molar-refractivity contribution in [1.29, 1.82) is 0 Å². The quantitative estimate of drug-likeness (QED) is 0.736. The van der Waals surface area contributed by atoms with Gasteiger partial charge in [0, 0.05) is 43.2 Å². The number of hydrogen-bond acceptors (Lipinski definition) is 6. The van der Waals surface area contributed by atoms with Crippen molar-refractivity contribution < 1.29 is 4.74 Å². The van der Waals surface area contributed by atoms with Crippen LogP contribution in [0.1, 0.15) is 24.6 Å². The minimum atomic E-state index is 0.364. The van der Waals surface area contributed by atoms with Gasteiger partial charge in [-0.25, -0.2) is 0 Å². The van der Waals surface area contributed by atoms with E-state index in [0.717, 1.165) is 37.4 Å². The van der Waals surface area contributed by atoms with E-state index in [2.05, 4.69) is 37.3 Å². The first kappa shape index (κ1) is 13.9. The Kier molecular flexibility index (Phi) is 3.53. The van der Waals surface area contributed by atoms with Gasteiger partial charge in [-0.15, -0.1) is 15.3 Å². The second-order valence-corrected chi connectivity index (χ2v) is 5.67. The van der Waals surface area contributed by atoms with E-state index in [4.69, 9.17) is 4.74 Å². The first-order valence-electron chi connectivity index (χ1n) is 7.76. The Morgan fingerprint density at radius 2 is 1.83 bits per heavy atom. The van der Waals surface area contributed by atoms with Crippen molar-refractivity contribution in [2.45, 2.75) is 18.8 Å². The molecule has 0 bridgehead atoms. The predicted molar refractivity (Wildman–Crippen MR) is 85.8 cm³/mol. The van der Waals surface area contributed by atoms with Crippen LogP contribution in [0.2, 0.25) is 0 Å². The number of fused-ring (bicyclic) bond motifs is 1. The molecule has 0 unspecified atom stereocenters. The molecule has 0 N–H and O–H groups in total. The number of ether oxygens (including phenoxy) is 1. The van der Waals surface area contributed by atoms with Crippen LogP contribution in [0.25, 0.3) is 5.65 Å². The molecule has 0 amide bonds. The summed E-state index contributed by atoms with van der Waals surface area (Å²) in [6, 6.07) is 7.80. The number of pyridine rings is 1. The fraction of sp³-hybridized carbons (Fsp3) is 0.375. The van der Waals surface area contributed by atoms with E-state index in [1.54, 1.807) is 13.2 Å². The average molecular weight is 310 g/mol. The third kappa shape index (κ3) is 2.58. The van der Waals surface area contributed by atoms with Crippen molar-refractivity contribution >= 4 is 11.3 Å². The molecule has 7 nitrogen and oxygen atoms in total. The summed E-state index contributed by atoms with van der Waals surface area (Å²) in [7, 11) is 1.62. The molecule has 7 heteroatoms. The smallest absolute Gasteiger partial charge is 0.231 e. The molecule has 0 aliphatic carbocycles. The standard InChI is InChI=1S/C16H18N6O/c1-23-15-3-2-14-18-19-16(22(14)20-15)12-6-10-21(11-7-12)13-4-8-17-9-5-13/h2-5,8-9,12H,6-7,10-11H2,1H3. The van der Waals surface area contributed by atoms with Gasteiger partial charge >= 0.3 is 0 Å². The lowest BCUT2D eigenvalue weighted by Crippen LogP contribution is -2.33. The maximum Gasteiger partial charge on any atom is 0.231 e. The fourth-order valence-electron chi connectivity index (χ4n) is 3.10. The van der Waals surface area contributed by atoms with Gasteiger partial charge in [-0.3, -0.25) is 4.98 Å². The number of rotatable bonds is 3. The van der Waals surface area contributed by atoms with Crippen molar-refractivity contribution in [3.8, 4) is 5.88 Å². The maximum atomic E-state index is 5.21. The van der Waals surface area contributed by atoms with E-state index in [1.807, 2.05) is 23.0 Å². The summed E-state index contributed by atoms with van der Waals surface area (Å²) >= 11 is 0. The summed E-state index contributed by atoms with van der Waals surface area (Å²) < 4.78 is 7.02. The van der Waals surface area contributed by atoms with Gasteiger partial charge in [0.2, 0.25) is 5.88 Å². The Labute approximate surface area is 133 Å². The van der Waals surface area contributed by atoms with E-state index in [1.165, 1.54) is 5.69 Å². The molecule has 0 atom stereocenters. The van der Waals surface area contributed by atoms with Crippen molar-refractivity contribution in [2.75, 3.05) is 25.1 Å². The molecule has 0 saturated carbocycles. The third-order valence-electron chi connectivity index (χ3n) is 4.36. The molecule has 4 rings (SSSR count). The number of methoxy groups -OCH3 is 1. The van der Waals surface area contributed by atoms with Gasteiger partial charge in [-0.1, -0.05) is 0 Å². The molecule has 1 fully saturated rings. The van der Waals surface area contributed by atoms with Crippen molar-refractivity contribution in [1.82, 2.24) is 24.8 Å². The first-order chi connectivity index (χ1) is 11.3. The molecule has 23 heavy (non-hydrogen) atoms. The zero-order chi connectivity index (χ0) is 15.6. The fourth-order valence-corrected chi connectivity index (χ4v) is 3.10. The lowest BCUT2D eigenvalue weighted by atomic mass is 9.96. The second kappa shape index (κ2) is 5.83. The predicted octanol–water partition coefficient (Wildman–Crippen LogP) is 1.91. The van der Waals surface area contributed by atoms with Crippen molar-refractivity contribution in [2.24, 2.45) is 0 Å². The number of hydrogen-bond donors (Lipinski definition) is 0. The normalized spacial score (nSPS) is 16.0. The van der Waals surface area contributed by atoms with E-state index in [0.29, 0.717) is 11.8 Å². The molecule has 1 aliphatic rings. The summed E-state index contributed by atoms with van der Waals surface area (Å²) in [5, 5.41) is 13.0. The molecule has 4 heterocycles. The summed E-state index contributed by atoms with van der Waals surface area (Å²) in [5.41, 5.74) is 1.99. The van der Waals surface area contributed by atoms with Crippen LogP contribution in [0.3, 0.4) is 0 Å². The number of anilines is 1. The van der Waals surface area contributed by atoms with Gasteiger partial charge in [0.25, 0.3) is 0 Å². The van der Waals surface area contributed by atoms with Crippen LogP contribution in [0.5, 0.6) is 5.88 Å². The molecule has 0 spiro atoms. The molecule has 3 aromatic heterocycles. The summed E-state index contributed by atoms with van der Waals surface area (Å²) in [6.07, 6.45) is 5.73. The zero-order valence-corrected chi connectivity index (χ0v) is 13.0. The van der Waals surface area contributed by atoms with Gasteiger partial charge < -0.3 is 9.64 Å². The molecule has 0 aromatic carbocycles. The minimum absolute atomic E-state index is 0.364. The van der Waals surface area contributed by atoms with Crippen LogP contribution < -0.4 is 9.64 Å². The average Bonchev–Trinajstić information content (AvgIpc) is 3.05. The largest absolute Gasteiger partial charge is 0.480 e. The van der Waals surface area contributed by atoms with Crippen LogP contribution in [0.15, 0.2) is 36.7 Å². The van der Waals surface area contributed by atoms with Crippen LogP contribution in [0.4, 0.5) is 5.69 Å². The summed E-state index contributed by atoms with van der Waals surface area (Å²) in [6.45, 7) is 1.99. The molecule has 3 aromatic rings. The monoisotopic (exact) mass is 310 g/mol. The maximum absolute atomic E-state index is 5.21. The molecule has 1 saturated heterocycles. The van der Waals surface area contributed by atoms with Crippen LogP contribution >= 0.6 is 0 Å². The Hall–Kier alpha value is -2.70. The molecule has 1 aliphatic heterocycles. The highest BCUT2D eigenvalue weighted by atomic mass is 16.5. The Morgan fingerprint density at radius 3 is 2.57 bits per heavy atom. The van der Waals surface area contributed by atoms with Crippen LogP contribution in [0, 0.1) is 0 Å². The molecular weight excluding hydrogens is 292 g/mol. The number of piperidine rings is 1. The highest BCUT2D eigenvalue weighted by Gasteiger charge is 2.25. The SMILES string of the molecule is COc1ccc2nnc(C3CCN(c4ccncc4)CC3)n2n1.